The summed E-state index contributed by atoms with van der Waals surface area (Å²) in [6, 6.07) is 1.80. The largest absolute Gasteiger partial charge is 0.373 e. The number of amides is 1. The van der Waals surface area contributed by atoms with Crippen molar-refractivity contribution in [1.82, 2.24) is 15.3 Å². The molecule has 1 aromatic heterocycles. The molecule has 6 heteroatoms. The summed E-state index contributed by atoms with van der Waals surface area (Å²) in [6.45, 7) is 8.14. The molecule has 1 rings (SSSR count). The third-order valence-corrected chi connectivity index (χ3v) is 2.45. The van der Waals surface area contributed by atoms with E-state index in [0.717, 1.165) is 24.5 Å². The van der Waals surface area contributed by atoms with Crippen molar-refractivity contribution < 1.29 is 4.79 Å². The van der Waals surface area contributed by atoms with E-state index in [-0.39, 0.29) is 18.0 Å². The second-order valence-electron chi connectivity index (χ2n) is 5.71. The molecule has 1 amide bonds. The maximum atomic E-state index is 11.8. The molecule has 1 aromatic rings. The van der Waals surface area contributed by atoms with Gasteiger partial charge in [-0.15, -0.1) is 0 Å². The number of nitrogens with zero attached hydrogens (tertiary/aromatic N) is 2. The minimum absolute atomic E-state index is 0.0563. The van der Waals surface area contributed by atoms with Crippen molar-refractivity contribution >= 4 is 17.5 Å². The topological polar surface area (TPSA) is 78.9 Å². The Hall–Kier alpha value is -1.85. The van der Waals surface area contributed by atoms with Crippen molar-refractivity contribution in [1.29, 1.82) is 0 Å². The zero-order valence-electron chi connectivity index (χ0n) is 13.0. The van der Waals surface area contributed by atoms with Gasteiger partial charge in [0, 0.05) is 25.1 Å². The molecule has 3 N–H and O–H groups in total. The third kappa shape index (κ3) is 5.86. The van der Waals surface area contributed by atoms with E-state index in [1.165, 1.54) is 0 Å². The molecule has 0 aromatic carbocycles. The molecule has 0 aliphatic heterocycles. The Morgan fingerprint density at radius 2 is 1.90 bits per heavy atom. The van der Waals surface area contributed by atoms with Crippen LogP contribution in [0.5, 0.6) is 0 Å². The lowest BCUT2D eigenvalue weighted by atomic mass is 10.1. The first kappa shape index (κ1) is 16.2. The maximum Gasteiger partial charge on any atom is 0.239 e. The van der Waals surface area contributed by atoms with Crippen molar-refractivity contribution in [2.24, 2.45) is 0 Å². The molecular formula is C14H25N5O. The van der Waals surface area contributed by atoms with Gasteiger partial charge in [-0.1, -0.05) is 6.92 Å². The summed E-state index contributed by atoms with van der Waals surface area (Å²) in [5, 5.41) is 8.94. The van der Waals surface area contributed by atoms with Gasteiger partial charge in [0.05, 0.1) is 6.54 Å². The average molecular weight is 279 g/mol. The molecule has 1 heterocycles. The fourth-order valence-corrected chi connectivity index (χ4v) is 1.68. The van der Waals surface area contributed by atoms with E-state index in [1.807, 2.05) is 27.8 Å². The van der Waals surface area contributed by atoms with Crippen molar-refractivity contribution in [2.75, 3.05) is 24.2 Å². The van der Waals surface area contributed by atoms with Crippen molar-refractivity contribution in [2.45, 2.75) is 46.1 Å². The van der Waals surface area contributed by atoms with Gasteiger partial charge in [0.1, 0.15) is 17.5 Å². The van der Waals surface area contributed by atoms with Gasteiger partial charge in [0.15, 0.2) is 0 Å². The van der Waals surface area contributed by atoms with E-state index >= 15 is 0 Å². The molecule has 0 saturated carbocycles. The molecule has 0 aliphatic carbocycles. The second-order valence-corrected chi connectivity index (χ2v) is 5.71. The summed E-state index contributed by atoms with van der Waals surface area (Å²) in [5.41, 5.74) is -0.228. The van der Waals surface area contributed by atoms with Gasteiger partial charge in [-0.2, -0.15) is 0 Å². The lowest BCUT2D eigenvalue weighted by Gasteiger charge is -2.20. The summed E-state index contributed by atoms with van der Waals surface area (Å²) < 4.78 is 0. The highest BCUT2D eigenvalue weighted by Gasteiger charge is 2.13. The Bertz CT molecular complexity index is 453. The van der Waals surface area contributed by atoms with E-state index < -0.39 is 0 Å². The van der Waals surface area contributed by atoms with E-state index in [1.54, 1.807) is 6.07 Å². The lowest BCUT2D eigenvalue weighted by molar-refractivity contribution is -0.120. The minimum Gasteiger partial charge on any atom is -0.373 e. The predicted octanol–water partition coefficient (Wildman–Crippen LogP) is 1.80. The van der Waals surface area contributed by atoms with Crippen LogP contribution < -0.4 is 16.0 Å². The minimum atomic E-state index is -0.228. The Morgan fingerprint density at radius 3 is 2.45 bits per heavy atom. The lowest BCUT2D eigenvalue weighted by Crippen LogP contribution is -2.43. The fourth-order valence-electron chi connectivity index (χ4n) is 1.68. The normalized spacial score (nSPS) is 11.1. The standard InChI is InChI=1S/C14H25N5O/c1-6-7-10-17-11(15-5)8-12(18-10)16-9-13(20)19-14(2,3)4/h8H,6-7,9H2,1-5H3,(H,19,20)(H2,15,16,17,18). The number of nitrogens with one attached hydrogen (secondary N) is 3. The maximum absolute atomic E-state index is 11.8. The van der Waals surface area contributed by atoms with Gasteiger partial charge in [-0.3, -0.25) is 4.79 Å². The van der Waals surface area contributed by atoms with Crippen LogP contribution in [-0.4, -0.2) is 35.0 Å². The molecule has 0 aliphatic rings. The zero-order valence-corrected chi connectivity index (χ0v) is 13.0. The predicted molar refractivity (Wildman–Crippen MR) is 82.0 cm³/mol. The van der Waals surface area contributed by atoms with Crippen LogP contribution in [0.3, 0.4) is 0 Å². The SMILES string of the molecule is CCCc1nc(NC)cc(NCC(=O)NC(C)(C)C)n1. The molecule has 6 nitrogen and oxygen atoms in total. The molecule has 112 valence electrons. The number of hydrogen-bond donors (Lipinski definition) is 3. The van der Waals surface area contributed by atoms with Crippen LogP contribution in [0, 0.1) is 0 Å². The van der Waals surface area contributed by atoms with Crippen molar-refractivity contribution in [3.8, 4) is 0 Å². The molecular weight excluding hydrogens is 254 g/mol. The molecule has 0 bridgehead atoms. The van der Waals surface area contributed by atoms with E-state index in [2.05, 4.69) is 32.8 Å². The van der Waals surface area contributed by atoms with Crippen LogP contribution in [0.25, 0.3) is 0 Å². The molecule has 0 atom stereocenters. The van der Waals surface area contributed by atoms with Gasteiger partial charge >= 0.3 is 0 Å². The van der Waals surface area contributed by atoms with E-state index in [4.69, 9.17) is 0 Å². The van der Waals surface area contributed by atoms with Crippen LogP contribution in [0.2, 0.25) is 0 Å². The van der Waals surface area contributed by atoms with Crippen LogP contribution >= 0.6 is 0 Å². The van der Waals surface area contributed by atoms with Gasteiger partial charge in [0.2, 0.25) is 5.91 Å². The summed E-state index contributed by atoms with van der Waals surface area (Å²) in [7, 11) is 1.81. The van der Waals surface area contributed by atoms with E-state index in [0.29, 0.717) is 5.82 Å². The van der Waals surface area contributed by atoms with Crippen LogP contribution in [-0.2, 0) is 11.2 Å². The molecule has 0 unspecified atom stereocenters. The average Bonchev–Trinajstić information content (AvgIpc) is 2.34. The number of carbonyl (C=O) groups excluding carboxylic acids is 1. The van der Waals surface area contributed by atoms with Crippen LogP contribution in [0.4, 0.5) is 11.6 Å². The van der Waals surface area contributed by atoms with Crippen LogP contribution in [0.1, 0.15) is 39.9 Å². The number of anilines is 2. The first-order chi connectivity index (χ1) is 9.34. The number of carbonyl (C=O) groups is 1. The van der Waals surface area contributed by atoms with Gasteiger partial charge in [0.25, 0.3) is 0 Å². The zero-order chi connectivity index (χ0) is 15.2. The molecule has 20 heavy (non-hydrogen) atoms. The second kappa shape index (κ2) is 7.07. The van der Waals surface area contributed by atoms with E-state index in [9.17, 15) is 4.79 Å². The number of hydrogen-bond acceptors (Lipinski definition) is 5. The van der Waals surface area contributed by atoms with Gasteiger partial charge < -0.3 is 16.0 Å². The van der Waals surface area contributed by atoms with Crippen molar-refractivity contribution in [3.63, 3.8) is 0 Å². The summed E-state index contributed by atoms with van der Waals surface area (Å²) in [4.78, 5) is 20.5. The molecule has 0 spiro atoms. The highest BCUT2D eigenvalue weighted by atomic mass is 16.2. The number of rotatable bonds is 6. The Balaban J connectivity index is 2.67. The Labute approximate surface area is 120 Å². The highest BCUT2D eigenvalue weighted by molar-refractivity contribution is 5.81. The fraction of sp³-hybridized carbons (Fsp3) is 0.643. The summed E-state index contributed by atoms with van der Waals surface area (Å²) in [6.07, 6.45) is 1.80. The van der Waals surface area contributed by atoms with Gasteiger partial charge in [-0.05, 0) is 27.2 Å². The number of aromatic nitrogens is 2. The monoisotopic (exact) mass is 279 g/mol. The first-order valence-electron chi connectivity index (χ1n) is 6.94. The third-order valence-electron chi connectivity index (χ3n) is 2.45. The molecule has 0 fully saturated rings. The highest BCUT2D eigenvalue weighted by Crippen LogP contribution is 2.11. The van der Waals surface area contributed by atoms with Crippen LogP contribution in [0.15, 0.2) is 6.07 Å². The Kier molecular flexibility index (Phi) is 5.73. The molecule has 0 saturated heterocycles. The first-order valence-corrected chi connectivity index (χ1v) is 6.94. The van der Waals surface area contributed by atoms with Gasteiger partial charge in [-0.25, -0.2) is 9.97 Å². The summed E-state index contributed by atoms with van der Waals surface area (Å²) >= 11 is 0. The quantitative estimate of drug-likeness (QED) is 0.740. The summed E-state index contributed by atoms with van der Waals surface area (Å²) in [5.74, 6) is 2.14. The van der Waals surface area contributed by atoms with Crippen molar-refractivity contribution in [3.05, 3.63) is 11.9 Å². The molecule has 0 radical (unpaired) electrons. The Morgan fingerprint density at radius 1 is 1.25 bits per heavy atom. The smallest absolute Gasteiger partial charge is 0.239 e. The number of aryl methyl sites for hydroxylation is 1.